The van der Waals surface area contributed by atoms with Crippen molar-refractivity contribution >= 4 is 23.2 Å². The molecule has 0 atom stereocenters. The first-order valence-electron chi connectivity index (χ1n) is 6.36. The number of primary amides is 1. The highest BCUT2D eigenvalue weighted by Crippen LogP contribution is 2.29. The highest BCUT2D eigenvalue weighted by molar-refractivity contribution is 6.32. The standard InChI is InChI=1S/C14H16ClN3O/c15-12-2-1-3-13(11(12)8-16)18-10-6-4-9(5-7-10)14(17)19/h1-3,9-10,18H,4-7H2,(H2,17,19). The van der Waals surface area contributed by atoms with E-state index in [1.165, 1.54) is 0 Å². The molecule has 100 valence electrons. The number of carbonyl (C=O) groups excluding carboxylic acids is 1. The average Bonchev–Trinajstić information content (AvgIpc) is 2.39. The van der Waals surface area contributed by atoms with Crippen LogP contribution in [0.4, 0.5) is 5.69 Å². The maximum Gasteiger partial charge on any atom is 0.220 e. The number of hydrogen-bond acceptors (Lipinski definition) is 3. The van der Waals surface area contributed by atoms with Gasteiger partial charge in [-0.25, -0.2) is 0 Å². The van der Waals surface area contributed by atoms with E-state index in [-0.39, 0.29) is 17.9 Å². The van der Waals surface area contributed by atoms with Crippen molar-refractivity contribution in [3.05, 3.63) is 28.8 Å². The van der Waals surface area contributed by atoms with Crippen LogP contribution in [0, 0.1) is 17.2 Å². The Hall–Kier alpha value is -1.73. The fourth-order valence-electron chi connectivity index (χ4n) is 2.50. The molecule has 0 aromatic heterocycles. The first-order chi connectivity index (χ1) is 9.11. The molecule has 0 aliphatic heterocycles. The van der Waals surface area contributed by atoms with E-state index in [2.05, 4.69) is 11.4 Å². The van der Waals surface area contributed by atoms with Gasteiger partial charge >= 0.3 is 0 Å². The van der Waals surface area contributed by atoms with E-state index in [1.807, 2.05) is 12.1 Å². The van der Waals surface area contributed by atoms with Crippen molar-refractivity contribution in [3.63, 3.8) is 0 Å². The van der Waals surface area contributed by atoms with E-state index in [1.54, 1.807) is 6.07 Å². The largest absolute Gasteiger partial charge is 0.381 e. The average molecular weight is 278 g/mol. The molecule has 0 unspecified atom stereocenters. The second-order valence-electron chi connectivity index (χ2n) is 4.87. The Morgan fingerprint density at radius 1 is 1.37 bits per heavy atom. The van der Waals surface area contributed by atoms with Crippen molar-refractivity contribution in [2.75, 3.05) is 5.32 Å². The van der Waals surface area contributed by atoms with Crippen molar-refractivity contribution in [2.24, 2.45) is 11.7 Å². The third kappa shape index (κ3) is 3.18. The number of nitrogens with zero attached hydrogens (tertiary/aromatic N) is 1. The second-order valence-corrected chi connectivity index (χ2v) is 5.28. The van der Waals surface area contributed by atoms with E-state index in [0.717, 1.165) is 31.4 Å². The topological polar surface area (TPSA) is 78.9 Å². The number of benzene rings is 1. The van der Waals surface area contributed by atoms with Gasteiger partial charge in [-0.15, -0.1) is 0 Å². The van der Waals surface area contributed by atoms with E-state index in [4.69, 9.17) is 22.6 Å². The predicted octanol–water partition coefficient (Wildman–Crippen LogP) is 2.67. The lowest BCUT2D eigenvalue weighted by molar-refractivity contribution is -0.122. The summed E-state index contributed by atoms with van der Waals surface area (Å²) in [5.41, 5.74) is 6.55. The number of nitrogens with one attached hydrogen (secondary N) is 1. The minimum Gasteiger partial charge on any atom is -0.381 e. The summed E-state index contributed by atoms with van der Waals surface area (Å²) in [5.74, 6) is -0.216. The van der Waals surface area contributed by atoms with Crippen molar-refractivity contribution in [2.45, 2.75) is 31.7 Å². The van der Waals surface area contributed by atoms with Crippen LogP contribution in [0.5, 0.6) is 0 Å². The van der Waals surface area contributed by atoms with Crippen LogP contribution in [0.15, 0.2) is 18.2 Å². The number of halogens is 1. The van der Waals surface area contributed by atoms with Gasteiger partial charge in [-0.05, 0) is 37.8 Å². The first-order valence-corrected chi connectivity index (χ1v) is 6.74. The third-order valence-corrected chi connectivity index (χ3v) is 3.93. The lowest BCUT2D eigenvalue weighted by atomic mass is 9.85. The molecule has 4 nitrogen and oxygen atoms in total. The molecule has 2 rings (SSSR count). The molecule has 19 heavy (non-hydrogen) atoms. The summed E-state index contributed by atoms with van der Waals surface area (Å²) in [4.78, 5) is 11.1. The fourth-order valence-corrected chi connectivity index (χ4v) is 2.72. The number of carbonyl (C=O) groups is 1. The Balaban J connectivity index is 2.02. The van der Waals surface area contributed by atoms with Gasteiger partial charge in [0.2, 0.25) is 5.91 Å². The summed E-state index contributed by atoms with van der Waals surface area (Å²) < 4.78 is 0. The Morgan fingerprint density at radius 2 is 2.05 bits per heavy atom. The Kier molecular flexibility index (Phi) is 4.28. The zero-order valence-corrected chi connectivity index (χ0v) is 11.3. The fraction of sp³-hybridized carbons (Fsp3) is 0.429. The number of rotatable bonds is 3. The lowest BCUT2D eigenvalue weighted by Crippen LogP contribution is -2.32. The summed E-state index contributed by atoms with van der Waals surface area (Å²) in [5, 5.41) is 12.9. The Labute approximate surface area is 117 Å². The summed E-state index contributed by atoms with van der Waals surface area (Å²) in [6.07, 6.45) is 3.36. The third-order valence-electron chi connectivity index (χ3n) is 3.61. The first kappa shape index (κ1) is 13.7. The van der Waals surface area contributed by atoms with Crippen molar-refractivity contribution in [1.29, 1.82) is 5.26 Å². The maximum absolute atomic E-state index is 11.1. The smallest absolute Gasteiger partial charge is 0.220 e. The van der Waals surface area contributed by atoms with Crippen LogP contribution in [-0.4, -0.2) is 11.9 Å². The Bertz CT molecular complexity index is 516. The van der Waals surface area contributed by atoms with Gasteiger partial charge in [0, 0.05) is 12.0 Å². The summed E-state index contributed by atoms with van der Waals surface area (Å²) in [6, 6.07) is 7.75. The molecule has 0 radical (unpaired) electrons. The molecule has 0 spiro atoms. The van der Waals surface area contributed by atoms with Crippen LogP contribution in [0.3, 0.4) is 0 Å². The summed E-state index contributed by atoms with van der Waals surface area (Å²) in [6.45, 7) is 0. The molecule has 1 fully saturated rings. The molecular weight excluding hydrogens is 262 g/mol. The van der Waals surface area contributed by atoms with Crippen molar-refractivity contribution in [3.8, 4) is 6.07 Å². The summed E-state index contributed by atoms with van der Waals surface area (Å²) >= 11 is 5.99. The van der Waals surface area contributed by atoms with Gasteiger partial charge in [-0.1, -0.05) is 17.7 Å². The molecule has 1 saturated carbocycles. The zero-order chi connectivity index (χ0) is 13.8. The Morgan fingerprint density at radius 3 is 2.63 bits per heavy atom. The van der Waals surface area contributed by atoms with Gasteiger partial charge < -0.3 is 11.1 Å². The van der Waals surface area contributed by atoms with Crippen molar-refractivity contribution in [1.82, 2.24) is 0 Å². The molecule has 1 aliphatic carbocycles. The van der Waals surface area contributed by atoms with Gasteiger partial charge in [0.1, 0.15) is 6.07 Å². The van der Waals surface area contributed by atoms with Crippen molar-refractivity contribution < 1.29 is 4.79 Å². The molecule has 1 aromatic carbocycles. The molecular formula is C14H16ClN3O. The molecule has 3 N–H and O–H groups in total. The monoisotopic (exact) mass is 277 g/mol. The minimum atomic E-state index is -0.209. The molecule has 0 heterocycles. The van der Waals surface area contributed by atoms with Crippen LogP contribution < -0.4 is 11.1 Å². The normalized spacial score (nSPS) is 22.5. The zero-order valence-electron chi connectivity index (χ0n) is 10.5. The number of amides is 1. The van der Waals surface area contributed by atoms with E-state index >= 15 is 0 Å². The molecule has 0 bridgehead atoms. The highest BCUT2D eigenvalue weighted by atomic mass is 35.5. The number of nitrogens with two attached hydrogens (primary N) is 1. The predicted molar refractivity (Wildman–Crippen MR) is 74.7 cm³/mol. The molecule has 5 heteroatoms. The van der Waals surface area contributed by atoms with Crippen LogP contribution in [0.2, 0.25) is 5.02 Å². The number of hydrogen-bond donors (Lipinski definition) is 2. The van der Waals surface area contributed by atoms with E-state index < -0.39 is 0 Å². The van der Waals surface area contributed by atoms with E-state index in [9.17, 15) is 4.79 Å². The van der Waals surface area contributed by atoms with Gasteiger partial charge in [0.15, 0.2) is 0 Å². The summed E-state index contributed by atoms with van der Waals surface area (Å²) in [7, 11) is 0. The van der Waals surface area contributed by atoms with Crippen LogP contribution in [0.1, 0.15) is 31.2 Å². The number of nitriles is 1. The van der Waals surface area contributed by atoms with Gasteiger partial charge in [0.05, 0.1) is 16.3 Å². The van der Waals surface area contributed by atoms with Gasteiger partial charge in [-0.3, -0.25) is 4.79 Å². The quantitative estimate of drug-likeness (QED) is 0.891. The van der Waals surface area contributed by atoms with Gasteiger partial charge in [-0.2, -0.15) is 5.26 Å². The molecule has 1 amide bonds. The number of anilines is 1. The molecule has 1 aliphatic rings. The van der Waals surface area contributed by atoms with Crippen LogP contribution >= 0.6 is 11.6 Å². The van der Waals surface area contributed by atoms with E-state index in [0.29, 0.717) is 10.6 Å². The lowest BCUT2D eigenvalue weighted by Gasteiger charge is -2.28. The van der Waals surface area contributed by atoms with Gasteiger partial charge in [0.25, 0.3) is 0 Å². The van der Waals surface area contributed by atoms with Crippen LogP contribution in [-0.2, 0) is 4.79 Å². The minimum absolute atomic E-state index is 0.00662. The maximum atomic E-state index is 11.1. The molecule has 1 aromatic rings. The SMILES string of the molecule is N#Cc1c(Cl)cccc1NC1CCC(C(N)=O)CC1. The van der Waals surface area contributed by atoms with Crippen LogP contribution in [0.25, 0.3) is 0 Å². The molecule has 0 saturated heterocycles. The second kappa shape index (κ2) is 5.94. The highest BCUT2D eigenvalue weighted by Gasteiger charge is 2.25.